The first kappa shape index (κ1) is 16.2. The van der Waals surface area contributed by atoms with Crippen molar-refractivity contribution in [1.29, 1.82) is 0 Å². The molecule has 2 rings (SSSR count). The van der Waals surface area contributed by atoms with Crippen LogP contribution in [0, 0.1) is 13.8 Å². The molecule has 0 saturated heterocycles. The monoisotopic (exact) mass is 350 g/mol. The molecule has 5 heteroatoms. The molecule has 0 aliphatic rings. The molecular weight excluding hydrogens is 328 g/mol. The lowest BCUT2D eigenvalue weighted by Gasteiger charge is -2.20. The maximum absolute atomic E-state index is 4.65. The Morgan fingerprint density at radius 2 is 1.95 bits per heavy atom. The molecule has 0 bridgehead atoms. The molecule has 0 aliphatic carbocycles. The second-order valence-corrected chi connectivity index (χ2v) is 7.29. The second kappa shape index (κ2) is 6.28. The number of rotatable bonds is 4. The van der Waals surface area contributed by atoms with Gasteiger partial charge in [-0.15, -0.1) is 0 Å². The van der Waals surface area contributed by atoms with E-state index in [1.165, 1.54) is 11.3 Å². The van der Waals surface area contributed by atoms with E-state index in [2.05, 4.69) is 65.9 Å². The van der Waals surface area contributed by atoms with Crippen LogP contribution in [-0.2, 0) is 13.1 Å². The van der Waals surface area contributed by atoms with E-state index in [4.69, 9.17) is 0 Å². The lowest BCUT2D eigenvalue weighted by Crippen LogP contribution is -2.35. The zero-order valence-electron chi connectivity index (χ0n) is 13.4. The van der Waals surface area contributed by atoms with E-state index in [1.807, 2.05) is 23.0 Å². The van der Waals surface area contributed by atoms with Crippen LogP contribution in [0.25, 0.3) is 0 Å². The fourth-order valence-electron chi connectivity index (χ4n) is 2.15. The largest absolute Gasteiger partial charge is 0.308 e. The average Bonchev–Trinajstić information content (AvgIpc) is 2.64. The predicted octanol–water partition coefficient (Wildman–Crippen LogP) is 3.59. The predicted molar refractivity (Wildman–Crippen MR) is 89.3 cm³/mol. The molecule has 1 N–H and O–H groups in total. The summed E-state index contributed by atoms with van der Waals surface area (Å²) in [5.41, 5.74) is 4.69. The number of pyridine rings is 1. The highest BCUT2D eigenvalue weighted by molar-refractivity contribution is 9.10. The summed E-state index contributed by atoms with van der Waals surface area (Å²) >= 11 is 3.41. The summed E-state index contributed by atoms with van der Waals surface area (Å²) in [5.74, 6) is 0. The highest BCUT2D eigenvalue weighted by atomic mass is 79.9. The third-order valence-electron chi connectivity index (χ3n) is 3.43. The Kier molecular flexibility index (Phi) is 4.84. The Hall–Kier alpha value is -1.20. The first-order valence-electron chi connectivity index (χ1n) is 7.14. The molecular formula is C16H23BrN4. The summed E-state index contributed by atoms with van der Waals surface area (Å²) < 4.78 is 3.03. The quantitative estimate of drug-likeness (QED) is 0.915. The van der Waals surface area contributed by atoms with E-state index in [9.17, 15) is 0 Å². The Morgan fingerprint density at radius 3 is 2.52 bits per heavy atom. The van der Waals surface area contributed by atoms with Crippen molar-refractivity contribution in [1.82, 2.24) is 20.1 Å². The van der Waals surface area contributed by atoms with Gasteiger partial charge in [0.2, 0.25) is 0 Å². The van der Waals surface area contributed by atoms with E-state index >= 15 is 0 Å². The fraction of sp³-hybridized carbons (Fsp3) is 0.500. The Labute approximate surface area is 135 Å². The maximum Gasteiger partial charge on any atom is 0.0834 e. The van der Waals surface area contributed by atoms with Crippen molar-refractivity contribution in [2.45, 2.75) is 53.2 Å². The third kappa shape index (κ3) is 4.38. The molecule has 4 nitrogen and oxygen atoms in total. The molecule has 2 aromatic rings. The van der Waals surface area contributed by atoms with Gasteiger partial charge in [0.1, 0.15) is 0 Å². The van der Waals surface area contributed by atoms with Gasteiger partial charge in [0.05, 0.1) is 17.9 Å². The summed E-state index contributed by atoms with van der Waals surface area (Å²) in [5, 5.41) is 8.18. The van der Waals surface area contributed by atoms with E-state index in [-0.39, 0.29) is 5.54 Å². The van der Waals surface area contributed by atoms with Crippen LogP contribution in [0.4, 0.5) is 0 Å². The van der Waals surface area contributed by atoms with Gasteiger partial charge in [0, 0.05) is 34.0 Å². The van der Waals surface area contributed by atoms with Crippen molar-refractivity contribution in [2.24, 2.45) is 0 Å². The zero-order chi connectivity index (χ0) is 15.6. The van der Waals surface area contributed by atoms with E-state index in [0.29, 0.717) is 6.54 Å². The van der Waals surface area contributed by atoms with Gasteiger partial charge >= 0.3 is 0 Å². The molecule has 0 radical (unpaired) electrons. The molecule has 0 fully saturated rings. The summed E-state index contributed by atoms with van der Waals surface area (Å²) in [6.07, 6.45) is 1.82. The van der Waals surface area contributed by atoms with Gasteiger partial charge in [-0.25, -0.2) is 0 Å². The Morgan fingerprint density at radius 1 is 1.24 bits per heavy atom. The van der Waals surface area contributed by atoms with E-state index in [1.54, 1.807) is 0 Å². The number of aryl methyl sites for hydroxylation is 1. The number of halogens is 1. The molecule has 21 heavy (non-hydrogen) atoms. The minimum atomic E-state index is 0.105. The molecule has 0 unspecified atom stereocenters. The SMILES string of the molecule is Cc1nn(Cc2ccc(Br)cn2)c(C)c1CNC(C)(C)C. The van der Waals surface area contributed by atoms with Crippen LogP contribution in [0.5, 0.6) is 0 Å². The zero-order valence-corrected chi connectivity index (χ0v) is 15.0. The first-order chi connectivity index (χ1) is 9.76. The number of nitrogens with one attached hydrogen (secondary N) is 1. The van der Waals surface area contributed by atoms with Crippen LogP contribution in [0.3, 0.4) is 0 Å². The van der Waals surface area contributed by atoms with Gasteiger partial charge < -0.3 is 5.32 Å². The number of hydrogen-bond acceptors (Lipinski definition) is 3. The minimum Gasteiger partial charge on any atom is -0.308 e. The van der Waals surface area contributed by atoms with Crippen molar-refractivity contribution >= 4 is 15.9 Å². The number of nitrogens with zero attached hydrogens (tertiary/aromatic N) is 3. The molecule has 0 saturated carbocycles. The van der Waals surface area contributed by atoms with Gasteiger partial charge in [-0.05, 0) is 62.7 Å². The van der Waals surface area contributed by atoms with Crippen molar-refractivity contribution in [2.75, 3.05) is 0 Å². The standard InChI is InChI=1S/C16H23BrN4/c1-11-15(9-19-16(3,4)5)12(2)21(20-11)10-14-7-6-13(17)8-18-14/h6-8,19H,9-10H2,1-5H3. The molecule has 114 valence electrons. The van der Waals surface area contributed by atoms with Gasteiger partial charge in [-0.1, -0.05) is 0 Å². The fourth-order valence-corrected chi connectivity index (χ4v) is 2.39. The number of hydrogen-bond donors (Lipinski definition) is 1. The Balaban J connectivity index is 2.16. The molecule has 0 aliphatic heterocycles. The van der Waals surface area contributed by atoms with Crippen molar-refractivity contribution in [3.8, 4) is 0 Å². The highest BCUT2D eigenvalue weighted by Crippen LogP contribution is 2.16. The lowest BCUT2D eigenvalue weighted by atomic mass is 10.1. The maximum atomic E-state index is 4.65. The van der Waals surface area contributed by atoms with Crippen molar-refractivity contribution in [3.05, 3.63) is 45.4 Å². The van der Waals surface area contributed by atoms with Crippen LogP contribution in [0.2, 0.25) is 0 Å². The van der Waals surface area contributed by atoms with E-state index < -0.39 is 0 Å². The first-order valence-corrected chi connectivity index (χ1v) is 7.94. The summed E-state index contributed by atoms with van der Waals surface area (Å²) in [7, 11) is 0. The van der Waals surface area contributed by atoms with Gasteiger partial charge in [-0.2, -0.15) is 5.10 Å². The van der Waals surface area contributed by atoms with E-state index in [0.717, 1.165) is 22.4 Å². The average molecular weight is 351 g/mol. The van der Waals surface area contributed by atoms with Crippen molar-refractivity contribution in [3.63, 3.8) is 0 Å². The molecule has 2 heterocycles. The van der Waals surface area contributed by atoms with Crippen LogP contribution in [0.15, 0.2) is 22.8 Å². The normalized spacial score (nSPS) is 11.9. The van der Waals surface area contributed by atoms with Gasteiger partial charge in [0.25, 0.3) is 0 Å². The molecule has 0 aromatic carbocycles. The van der Waals surface area contributed by atoms with Crippen LogP contribution in [-0.4, -0.2) is 20.3 Å². The number of aromatic nitrogens is 3. The highest BCUT2D eigenvalue weighted by Gasteiger charge is 2.15. The molecule has 0 spiro atoms. The molecule has 0 atom stereocenters. The van der Waals surface area contributed by atoms with Crippen LogP contribution < -0.4 is 5.32 Å². The Bertz CT molecular complexity index is 608. The van der Waals surface area contributed by atoms with Gasteiger partial charge in [0.15, 0.2) is 0 Å². The molecule has 2 aromatic heterocycles. The van der Waals surface area contributed by atoms with Gasteiger partial charge in [-0.3, -0.25) is 9.67 Å². The topological polar surface area (TPSA) is 42.7 Å². The second-order valence-electron chi connectivity index (χ2n) is 6.38. The van der Waals surface area contributed by atoms with Crippen molar-refractivity contribution < 1.29 is 0 Å². The molecule has 0 amide bonds. The van der Waals surface area contributed by atoms with Crippen LogP contribution in [0.1, 0.15) is 43.4 Å². The smallest absolute Gasteiger partial charge is 0.0834 e. The summed E-state index contributed by atoms with van der Waals surface area (Å²) in [6.45, 7) is 12.3. The lowest BCUT2D eigenvalue weighted by molar-refractivity contribution is 0.423. The third-order valence-corrected chi connectivity index (χ3v) is 3.90. The minimum absolute atomic E-state index is 0.105. The van der Waals surface area contributed by atoms with Crippen LogP contribution >= 0.6 is 15.9 Å². The summed E-state index contributed by atoms with van der Waals surface area (Å²) in [6, 6.07) is 4.03. The summed E-state index contributed by atoms with van der Waals surface area (Å²) in [4.78, 5) is 4.42.